The van der Waals surface area contributed by atoms with Crippen molar-refractivity contribution >= 4 is 16.9 Å². The number of benzene rings is 1. The topological polar surface area (TPSA) is 61.0 Å². The quantitative estimate of drug-likeness (QED) is 0.445. The highest BCUT2D eigenvalue weighted by Crippen LogP contribution is 2.36. The maximum Gasteiger partial charge on any atom is 0.408 e. The third-order valence-corrected chi connectivity index (χ3v) is 5.97. The number of aryl methyl sites for hydroxylation is 1. The summed E-state index contributed by atoms with van der Waals surface area (Å²) in [6, 6.07) is 9.49. The van der Waals surface area contributed by atoms with Crippen LogP contribution in [0.5, 0.6) is 5.75 Å². The fourth-order valence-corrected chi connectivity index (χ4v) is 4.47. The van der Waals surface area contributed by atoms with E-state index in [1.165, 1.54) is 4.90 Å². The van der Waals surface area contributed by atoms with Crippen LogP contribution in [-0.2, 0) is 13.6 Å². The number of anilines is 1. The van der Waals surface area contributed by atoms with E-state index in [1.807, 2.05) is 42.1 Å². The maximum atomic E-state index is 13.4. The zero-order chi connectivity index (χ0) is 23.2. The van der Waals surface area contributed by atoms with Crippen LogP contribution in [0, 0.1) is 0 Å². The van der Waals surface area contributed by atoms with Gasteiger partial charge in [0.05, 0.1) is 24.9 Å². The van der Waals surface area contributed by atoms with Gasteiger partial charge in [0.15, 0.2) is 0 Å². The molecule has 0 spiro atoms. The molecule has 1 unspecified atom stereocenters. The number of fused-ring (bicyclic) bond motifs is 1. The normalized spacial score (nSPS) is 16.6. The lowest BCUT2D eigenvalue weighted by Crippen LogP contribution is -2.41. The van der Waals surface area contributed by atoms with E-state index in [0.717, 1.165) is 16.7 Å². The Labute approximate surface area is 188 Å². The van der Waals surface area contributed by atoms with Crippen LogP contribution in [0.3, 0.4) is 0 Å². The number of rotatable bonds is 5. The predicted octanol–water partition coefficient (Wildman–Crippen LogP) is 4.42. The van der Waals surface area contributed by atoms with Crippen LogP contribution in [0.25, 0.3) is 22.4 Å². The second-order valence-corrected chi connectivity index (χ2v) is 8.13. The number of nitrogens with zero attached hydrogens (tertiary/aromatic N) is 6. The Balaban J connectivity index is 1.56. The Kier molecular flexibility index (Phi) is 5.22. The minimum absolute atomic E-state index is 0.0899. The van der Waals surface area contributed by atoms with Gasteiger partial charge in [-0.25, -0.2) is 9.97 Å². The van der Waals surface area contributed by atoms with Crippen LogP contribution in [0.4, 0.5) is 19.0 Å². The number of para-hydroxylation sites is 1. The van der Waals surface area contributed by atoms with E-state index >= 15 is 0 Å². The first kappa shape index (κ1) is 21.3. The molecular weight excluding hydrogens is 433 g/mol. The van der Waals surface area contributed by atoms with Gasteiger partial charge in [-0.15, -0.1) is 0 Å². The van der Waals surface area contributed by atoms with Crippen LogP contribution in [0.2, 0.25) is 0 Å². The number of methoxy groups -OCH3 is 1. The Hall–Kier alpha value is -3.56. The van der Waals surface area contributed by atoms with Crippen molar-refractivity contribution in [3.63, 3.8) is 0 Å². The van der Waals surface area contributed by atoms with E-state index in [-0.39, 0.29) is 6.42 Å². The molecule has 172 valence electrons. The lowest BCUT2D eigenvalue weighted by atomic mass is 10.2. The molecule has 0 aliphatic carbocycles. The lowest BCUT2D eigenvalue weighted by Gasteiger charge is -2.27. The highest BCUT2D eigenvalue weighted by atomic mass is 19.4. The lowest BCUT2D eigenvalue weighted by molar-refractivity contribution is -0.146. The van der Waals surface area contributed by atoms with E-state index in [2.05, 4.69) is 10.1 Å². The largest absolute Gasteiger partial charge is 0.494 e. The summed E-state index contributed by atoms with van der Waals surface area (Å²) in [5.41, 5.74) is 3.12. The zero-order valence-corrected chi connectivity index (χ0v) is 18.3. The molecule has 3 aromatic heterocycles. The molecule has 0 amide bonds. The fourth-order valence-electron chi connectivity index (χ4n) is 4.47. The number of hydrogen-bond acceptors (Lipinski definition) is 5. The number of aromatic nitrogens is 5. The first-order chi connectivity index (χ1) is 15.8. The average molecular weight is 456 g/mol. The van der Waals surface area contributed by atoms with Crippen molar-refractivity contribution < 1.29 is 17.9 Å². The van der Waals surface area contributed by atoms with Gasteiger partial charge in [0.25, 0.3) is 0 Å². The van der Waals surface area contributed by atoms with Crippen molar-refractivity contribution in [2.24, 2.45) is 7.05 Å². The van der Waals surface area contributed by atoms with E-state index in [1.54, 1.807) is 30.1 Å². The van der Waals surface area contributed by atoms with Crippen molar-refractivity contribution in [2.75, 3.05) is 18.6 Å². The summed E-state index contributed by atoms with van der Waals surface area (Å²) in [6.07, 6.45) is -0.234. The van der Waals surface area contributed by atoms with Crippen molar-refractivity contribution in [2.45, 2.75) is 31.6 Å². The van der Waals surface area contributed by atoms with Gasteiger partial charge in [0.2, 0.25) is 0 Å². The standard InChI is InChI=1S/C23H23F3N6O/c1-30-12-10-16(29-30)14-32-21-17(5-3-6-18(21)33-2)28-22(32)15-8-9-20(27-13-15)31-11-4-7-19(31)23(24,25)26/h3,5-6,8-10,12-13,19H,4,7,11,14H2,1-2H3. The predicted molar refractivity (Wildman–Crippen MR) is 118 cm³/mol. The minimum atomic E-state index is -4.27. The number of imidazole rings is 1. The van der Waals surface area contributed by atoms with Gasteiger partial charge < -0.3 is 14.2 Å². The minimum Gasteiger partial charge on any atom is -0.494 e. The van der Waals surface area contributed by atoms with E-state index in [0.29, 0.717) is 42.5 Å². The Bertz CT molecular complexity index is 1280. The molecule has 0 saturated carbocycles. The Morgan fingerprint density at radius 2 is 2.00 bits per heavy atom. The van der Waals surface area contributed by atoms with E-state index in [9.17, 15) is 13.2 Å². The number of alkyl halides is 3. The Morgan fingerprint density at radius 1 is 1.15 bits per heavy atom. The highest BCUT2D eigenvalue weighted by Gasteiger charge is 2.46. The summed E-state index contributed by atoms with van der Waals surface area (Å²) in [7, 11) is 3.46. The number of ether oxygens (including phenoxy) is 1. The van der Waals surface area contributed by atoms with Gasteiger partial charge in [-0.2, -0.15) is 18.3 Å². The van der Waals surface area contributed by atoms with Crippen molar-refractivity contribution in [3.05, 3.63) is 54.5 Å². The van der Waals surface area contributed by atoms with Crippen molar-refractivity contribution in [1.29, 1.82) is 0 Å². The summed E-state index contributed by atoms with van der Waals surface area (Å²) in [6.45, 7) is 0.795. The van der Waals surface area contributed by atoms with Crippen molar-refractivity contribution in [1.82, 2.24) is 24.3 Å². The van der Waals surface area contributed by atoms with Crippen LogP contribution in [-0.4, -0.2) is 50.2 Å². The van der Waals surface area contributed by atoms with Crippen LogP contribution in [0.15, 0.2) is 48.8 Å². The summed E-state index contributed by atoms with van der Waals surface area (Å²) < 4.78 is 49.5. The number of halogens is 3. The summed E-state index contributed by atoms with van der Waals surface area (Å²) in [5.74, 6) is 1.65. The Morgan fingerprint density at radius 3 is 2.67 bits per heavy atom. The molecule has 10 heteroatoms. The third-order valence-electron chi connectivity index (χ3n) is 5.97. The molecular formula is C23H23F3N6O. The summed E-state index contributed by atoms with van der Waals surface area (Å²) >= 11 is 0. The van der Waals surface area contributed by atoms with Gasteiger partial charge >= 0.3 is 6.18 Å². The fraction of sp³-hybridized carbons (Fsp3) is 0.348. The molecule has 0 N–H and O–H groups in total. The zero-order valence-electron chi connectivity index (χ0n) is 18.3. The molecule has 1 fully saturated rings. The summed E-state index contributed by atoms with van der Waals surface area (Å²) in [5, 5.41) is 4.48. The second-order valence-electron chi connectivity index (χ2n) is 8.13. The van der Waals surface area contributed by atoms with E-state index < -0.39 is 12.2 Å². The molecule has 5 rings (SSSR count). The molecule has 1 saturated heterocycles. The molecule has 1 aliphatic heterocycles. The van der Waals surface area contributed by atoms with Gasteiger partial charge in [0, 0.05) is 31.5 Å². The molecule has 7 nitrogen and oxygen atoms in total. The molecule has 1 atom stereocenters. The van der Waals surface area contributed by atoms with Gasteiger partial charge in [-0.1, -0.05) is 6.07 Å². The monoisotopic (exact) mass is 456 g/mol. The van der Waals surface area contributed by atoms with Crippen LogP contribution >= 0.6 is 0 Å². The average Bonchev–Trinajstić information content (AvgIpc) is 3.52. The molecule has 1 aromatic carbocycles. The number of hydrogen-bond donors (Lipinski definition) is 0. The SMILES string of the molecule is COc1cccc2nc(-c3ccc(N4CCCC4C(F)(F)F)nc3)n(Cc3ccn(C)n3)c12. The molecule has 33 heavy (non-hydrogen) atoms. The van der Waals surface area contributed by atoms with Crippen molar-refractivity contribution in [3.8, 4) is 17.1 Å². The first-order valence-corrected chi connectivity index (χ1v) is 10.7. The summed E-state index contributed by atoms with van der Waals surface area (Å²) in [4.78, 5) is 10.5. The maximum absolute atomic E-state index is 13.4. The van der Waals surface area contributed by atoms with E-state index in [4.69, 9.17) is 9.72 Å². The molecule has 4 aromatic rings. The first-order valence-electron chi connectivity index (χ1n) is 10.7. The van der Waals surface area contributed by atoms with Gasteiger partial charge in [-0.3, -0.25) is 4.68 Å². The second kappa shape index (κ2) is 8.09. The highest BCUT2D eigenvalue weighted by molar-refractivity contribution is 5.86. The van der Waals surface area contributed by atoms with Crippen LogP contribution in [0.1, 0.15) is 18.5 Å². The third kappa shape index (κ3) is 3.90. The van der Waals surface area contributed by atoms with Gasteiger partial charge in [0.1, 0.15) is 29.0 Å². The smallest absolute Gasteiger partial charge is 0.408 e. The molecule has 1 aliphatic rings. The van der Waals surface area contributed by atoms with Crippen LogP contribution < -0.4 is 9.64 Å². The number of pyridine rings is 1. The molecule has 0 bridgehead atoms. The molecule has 4 heterocycles. The van der Waals surface area contributed by atoms with Gasteiger partial charge in [-0.05, 0) is 43.2 Å². The molecule has 0 radical (unpaired) electrons.